The molecule has 0 saturated heterocycles. The van der Waals surface area contributed by atoms with Gasteiger partial charge in [-0.3, -0.25) is 4.79 Å². The van der Waals surface area contributed by atoms with Crippen molar-refractivity contribution < 1.29 is 9.53 Å². The quantitative estimate of drug-likeness (QED) is 0.558. The lowest BCUT2D eigenvalue weighted by molar-refractivity contribution is -0.139. The van der Waals surface area contributed by atoms with E-state index in [9.17, 15) is 4.79 Å². The van der Waals surface area contributed by atoms with Crippen molar-refractivity contribution in [3.05, 3.63) is 0 Å². The van der Waals surface area contributed by atoms with E-state index in [1.807, 2.05) is 0 Å². The lowest BCUT2D eigenvalue weighted by Gasteiger charge is -2.24. The summed E-state index contributed by atoms with van der Waals surface area (Å²) >= 11 is 5.07. The van der Waals surface area contributed by atoms with Crippen LogP contribution in [0.5, 0.6) is 0 Å². The first-order valence-electron chi connectivity index (χ1n) is 5.33. The zero-order valence-electron chi connectivity index (χ0n) is 9.04. The van der Waals surface area contributed by atoms with Gasteiger partial charge in [-0.2, -0.15) is 0 Å². The van der Waals surface area contributed by atoms with Crippen molar-refractivity contribution in [3.8, 4) is 0 Å². The molecule has 15 heavy (non-hydrogen) atoms. The van der Waals surface area contributed by atoms with E-state index in [1.165, 1.54) is 39.2 Å². The highest BCUT2D eigenvalue weighted by atomic mass is 32.1. The third-order valence-electron chi connectivity index (χ3n) is 2.56. The topological polar surface area (TPSA) is 50.4 Å². The van der Waals surface area contributed by atoms with Crippen molar-refractivity contribution >= 4 is 23.3 Å². The lowest BCUT2D eigenvalue weighted by Crippen LogP contribution is -2.44. The molecule has 0 radical (unpaired) electrons. The Morgan fingerprint density at radius 2 is 2.07 bits per heavy atom. The Bertz CT molecular complexity index is 227. The summed E-state index contributed by atoms with van der Waals surface area (Å²) < 4.78 is 4.50. The van der Waals surface area contributed by atoms with Gasteiger partial charge in [-0.1, -0.05) is 19.3 Å². The zero-order chi connectivity index (χ0) is 11.1. The molecule has 0 atom stereocenters. The minimum atomic E-state index is -0.303. The predicted molar refractivity (Wildman–Crippen MR) is 62.6 cm³/mol. The largest absolute Gasteiger partial charge is 0.468 e. The third-order valence-corrected chi connectivity index (χ3v) is 2.82. The second-order valence-electron chi connectivity index (χ2n) is 3.74. The molecule has 1 saturated carbocycles. The average molecular weight is 230 g/mol. The maximum atomic E-state index is 10.8. The molecule has 0 bridgehead atoms. The fourth-order valence-corrected chi connectivity index (χ4v) is 1.95. The smallest absolute Gasteiger partial charge is 0.325 e. The summed E-state index contributed by atoms with van der Waals surface area (Å²) in [5, 5.41) is 6.59. The van der Waals surface area contributed by atoms with Gasteiger partial charge in [0.2, 0.25) is 0 Å². The molecular formula is C10H18N2O2S. The van der Waals surface area contributed by atoms with Gasteiger partial charge in [0.05, 0.1) is 7.11 Å². The summed E-state index contributed by atoms with van der Waals surface area (Å²) in [7, 11) is 1.36. The molecule has 1 aliphatic rings. The van der Waals surface area contributed by atoms with Crippen LogP contribution in [0.4, 0.5) is 0 Å². The number of thiocarbonyl (C=S) groups is 1. The minimum Gasteiger partial charge on any atom is -0.468 e. The van der Waals surface area contributed by atoms with Crippen molar-refractivity contribution in [1.82, 2.24) is 10.6 Å². The average Bonchev–Trinajstić information content (AvgIpc) is 2.27. The van der Waals surface area contributed by atoms with Crippen LogP contribution in [0.3, 0.4) is 0 Å². The number of esters is 1. The number of methoxy groups -OCH3 is 1. The lowest BCUT2D eigenvalue weighted by atomic mass is 9.96. The van der Waals surface area contributed by atoms with Crippen molar-refractivity contribution in [2.75, 3.05) is 13.7 Å². The molecule has 1 aliphatic carbocycles. The first kappa shape index (κ1) is 12.2. The molecule has 0 heterocycles. The molecule has 0 aromatic rings. The second kappa shape index (κ2) is 6.61. The van der Waals surface area contributed by atoms with Crippen molar-refractivity contribution in [1.29, 1.82) is 0 Å². The summed E-state index contributed by atoms with van der Waals surface area (Å²) in [6, 6.07) is 0.469. The van der Waals surface area contributed by atoms with E-state index in [-0.39, 0.29) is 12.5 Å². The van der Waals surface area contributed by atoms with E-state index >= 15 is 0 Å². The van der Waals surface area contributed by atoms with Crippen LogP contribution in [0.1, 0.15) is 32.1 Å². The summed E-state index contributed by atoms with van der Waals surface area (Å²) in [6.07, 6.45) is 6.18. The highest BCUT2D eigenvalue weighted by molar-refractivity contribution is 7.80. The molecule has 0 aliphatic heterocycles. The summed E-state index contributed by atoms with van der Waals surface area (Å²) in [5.74, 6) is -0.303. The number of ether oxygens (including phenoxy) is 1. The Morgan fingerprint density at radius 3 is 2.67 bits per heavy atom. The summed E-state index contributed by atoms with van der Waals surface area (Å²) in [6.45, 7) is 0.134. The Morgan fingerprint density at radius 1 is 1.40 bits per heavy atom. The van der Waals surface area contributed by atoms with Crippen LogP contribution >= 0.6 is 12.2 Å². The Kier molecular flexibility index (Phi) is 5.39. The van der Waals surface area contributed by atoms with Crippen LogP contribution in [0, 0.1) is 0 Å². The van der Waals surface area contributed by atoms with E-state index in [2.05, 4.69) is 15.4 Å². The number of carbonyl (C=O) groups excluding carboxylic acids is 1. The molecule has 1 fully saturated rings. The number of nitrogens with one attached hydrogen (secondary N) is 2. The maximum Gasteiger partial charge on any atom is 0.325 e. The monoisotopic (exact) mass is 230 g/mol. The van der Waals surface area contributed by atoms with Gasteiger partial charge in [-0.25, -0.2) is 0 Å². The molecule has 86 valence electrons. The molecule has 0 spiro atoms. The normalized spacial score (nSPS) is 16.9. The molecule has 5 heteroatoms. The number of rotatable bonds is 3. The summed E-state index contributed by atoms with van der Waals surface area (Å²) in [5.41, 5.74) is 0. The highest BCUT2D eigenvalue weighted by Gasteiger charge is 2.13. The second-order valence-corrected chi connectivity index (χ2v) is 4.15. The van der Waals surface area contributed by atoms with Crippen molar-refractivity contribution in [2.45, 2.75) is 38.1 Å². The van der Waals surface area contributed by atoms with Crippen LogP contribution in [-0.4, -0.2) is 30.8 Å². The predicted octanol–water partition coefficient (Wildman–Crippen LogP) is 0.956. The first-order chi connectivity index (χ1) is 7.22. The Balaban J connectivity index is 2.14. The van der Waals surface area contributed by atoms with E-state index in [1.54, 1.807) is 0 Å². The fraction of sp³-hybridized carbons (Fsp3) is 0.800. The van der Waals surface area contributed by atoms with Crippen LogP contribution in [-0.2, 0) is 9.53 Å². The van der Waals surface area contributed by atoms with Gasteiger partial charge in [-0.05, 0) is 25.1 Å². The molecule has 0 aromatic carbocycles. The van der Waals surface area contributed by atoms with Gasteiger partial charge in [0.1, 0.15) is 6.54 Å². The third kappa shape index (κ3) is 4.97. The molecule has 0 amide bonds. The molecule has 2 N–H and O–H groups in total. The number of carbonyl (C=O) groups is 1. The van der Waals surface area contributed by atoms with E-state index in [0.717, 1.165) is 0 Å². The van der Waals surface area contributed by atoms with E-state index in [4.69, 9.17) is 12.2 Å². The van der Waals surface area contributed by atoms with Gasteiger partial charge >= 0.3 is 5.97 Å². The van der Waals surface area contributed by atoms with Gasteiger partial charge in [0.25, 0.3) is 0 Å². The Hall–Kier alpha value is -0.840. The molecular weight excluding hydrogens is 212 g/mol. The van der Waals surface area contributed by atoms with Gasteiger partial charge < -0.3 is 15.4 Å². The van der Waals surface area contributed by atoms with Crippen LogP contribution < -0.4 is 10.6 Å². The Labute approximate surface area is 95.8 Å². The molecule has 0 aromatic heterocycles. The van der Waals surface area contributed by atoms with E-state index < -0.39 is 0 Å². The van der Waals surface area contributed by atoms with Crippen LogP contribution in [0.25, 0.3) is 0 Å². The van der Waals surface area contributed by atoms with Crippen LogP contribution in [0.15, 0.2) is 0 Å². The number of hydrogen-bond donors (Lipinski definition) is 2. The SMILES string of the molecule is COC(=O)CNC(=S)NC1CCCCC1. The molecule has 4 nitrogen and oxygen atoms in total. The van der Waals surface area contributed by atoms with Crippen molar-refractivity contribution in [2.24, 2.45) is 0 Å². The highest BCUT2D eigenvalue weighted by Crippen LogP contribution is 2.16. The van der Waals surface area contributed by atoms with Crippen molar-refractivity contribution in [3.63, 3.8) is 0 Å². The zero-order valence-corrected chi connectivity index (χ0v) is 9.86. The standard InChI is InChI=1S/C10H18N2O2S/c1-14-9(13)7-11-10(15)12-8-5-3-2-4-6-8/h8H,2-7H2,1H3,(H2,11,12,15). The maximum absolute atomic E-state index is 10.8. The van der Waals surface area contributed by atoms with Gasteiger partial charge in [-0.15, -0.1) is 0 Å². The van der Waals surface area contributed by atoms with Gasteiger partial charge in [0, 0.05) is 6.04 Å². The molecule has 0 unspecified atom stereocenters. The number of hydrogen-bond acceptors (Lipinski definition) is 3. The summed E-state index contributed by atoms with van der Waals surface area (Å²) in [4.78, 5) is 10.8. The van der Waals surface area contributed by atoms with Crippen LogP contribution in [0.2, 0.25) is 0 Å². The van der Waals surface area contributed by atoms with E-state index in [0.29, 0.717) is 11.2 Å². The minimum absolute atomic E-state index is 0.134. The fourth-order valence-electron chi connectivity index (χ4n) is 1.71. The molecule has 1 rings (SSSR count). The van der Waals surface area contributed by atoms with Gasteiger partial charge in [0.15, 0.2) is 5.11 Å². The first-order valence-corrected chi connectivity index (χ1v) is 5.74.